The van der Waals surface area contributed by atoms with Gasteiger partial charge in [0.05, 0.1) is 12.2 Å². The number of hydrogen-bond donors (Lipinski definition) is 0. The van der Waals surface area contributed by atoms with E-state index in [9.17, 15) is 9.59 Å². The highest BCUT2D eigenvalue weighted by Gasteiger charge is 2.26. The predicted octanol–water partition coefficient (Wildman–Crippen LogP) is 1.97. The maximum Gasteiger partial charge on any atom is 0.303 e. The standard InChI is InChI=1S/C12H15NO4S/c1-4-16-11-9(6-5-7-13-11)10(12(15)18-3)17-8(2)14/h5-7,10H,4H2,1-3H3. The third-order valence-corrected chi connectivity index (χ3v) is 2.68. The molecule has 1 aromatic heterocycles. The van der Waals surface area contributed by atoms with Crippen molar-refractivity contribution < 1.29 is 19.1 Å². The van der Waals surface area contributed by atoms with Gasteiger partial charge in [0.15, 0.2) is 0 Å². The van der Waals surface area contributed by atoms with Crippen molar-refractivity contribution >= 4 is 22.8 Å². The molecule has 1 unspecified atom stereocenters. The molecule has 0 saturated heterocycles. The number of nitrogens with zero attached hydrogens (tertiary/aromatic N) is 1. The van der Waals surface area contributed by atoms with Crippen LogP contribution in [0.5, 0.6) is 5.88 Å². The first-order valence-electron chi connectivity index (χ1n) is 5.42. The molecule has 0 bridgehead atoms. The van der Waals surface area contributed by atoms with Gasteiger partial charge in [-0.2, -0.15) is 0 Å². The summed E-state index contributed by atoms with van der Waals surface area (Å²) in [4.78, 5) is 26.9. The summed E-state index contributed by atoms with van der Waals surface area (Å²) in [5, 5.41) is -0.265. The average molecular weight is 269 g/mol. The Morgan fingerprint density at radius 1 is 1.50 bits per heavy atom. The van der Waals surface area contributed by atoms with Crippen molar-refractivity contribution in [2.75, 3.05) is 12.9 Å². The third-order valence-electron chi connectivity index (χ3n) is 2.06. The van der Waals surface area contributed by atoms with Gasteiger partial charge < -0.3 is 9.47 Å². The number of aromatic nitrogens is 1. The molecule has 0 spiro atoms. The lowest BCUT2D eigenvalue weighted by Crippen LogP contribution is -2.17. The molecule has 1 atom stereocenters. The average Bonchev–Trinajstić information content (AvgIpc) is 2.36. The predicted molar refractivity (Wildman–Crippen MR) is 68.4 cm³/mol. The zero-order valence-electron chi connectivity index (χ0n) is 10.5. The molecule has 0 radical (unpaired) electrons. The summed E-state index contributed by atoms with van der Waals surface area (Å²) < 4.78 is 10.4. The van der Waals surface area contributed by atoms with Crippen molar-refractivity contribution in [2.24, 2.45) is 0 Å². The number of rotatable bonds is 5. The minimum Gasteiger partial charge on any atom is -0.478 e. The number of hydrogen-bond acceptors (Lipinski definition) is 6. The lowest BCUT2D eigenvalue weighted by atomic mass is 10.1. The SMILES string of the molecule is CCOc1ncccc1C(OC(C)=O)C(=O)SC. The van der Waals surface area contributed by atoms with Crippen LogP contribution in [0.15, 0.2) is 18.3 Å². The Bertz CT molecular complexity index is 436. The van der Waals surface area contributed by atoms with Crippen LogP contribution in [-0.2, 0) is 14.3 Å². The highest BCUT2D eigenvalue weighted by molar-refractivity contribution is 8.13. The molecule has 0 aliphatic carbocycles. The fraction of sp³-hybridized carbons (Fsp3) is 0.417. The van der Waals surface area contributed by atoms with Gasteiger partial charge in [-0.15, -0.1) is 0 Å². The number of pyridine rings is 1. The van der Waals surface area contributed by atoms with Crippen molar-refractivity contribution in [1.29, 1.82) is 0 Å². The Morgan fingerprint density at radius 2 is 2.22 bits per heavy atom. The molecule has 5 nitrogen and oxygen atoms in total. The first kappa shape index (κ1) is 14.5. The maximum absolute atomic E-state index is 11.8. The lowest BCUT2D eigenvalue weighted by molar-refractivity contribution is -0.150. The molecule has 0 amide bonds. The second kappa shape index (κ2) is 7.00. The van der Waals surface area contributed by atoms with E-state index >= 15 is 0 Å². The quantitative estimate of drug-likeness (QED) is 0.761. The molecule has 0 N–H and O–H groups in total. The van der Waals surface area contributed by atoms with E-state index in [0.29, 0.717) is 18.1 Å². The van der Waals surface area contributed by atoms with Gasteiger partial charge in [-0.1, -0.05) is 11.8 Å². The second-order valence-electron chi connectivity index (χ2n) is 3.34. The van der Waals surface area contributed by atoms with Crippen molar-refractivity contribution in [2.45, 2.75) is 20.0 Å². The molecule has 98 valence electrons. The topological polar surface area (TPSA) is 65.5 Å². The van der Waals surface area contributed by atoms with Crippen LogP contribution in [0.1, 0.15) is 25.5 Å². The number of esters is 1. The van der Waals surface area contributed by atoms with E-state index in [2.05, 4.69) is 4.98 Å². The number of carbonyl (C=O) groups excluding carboxylic acids is 2. The van der Waals surface area contributed by atoms with Crippen LogP contribution in [0.2, 0.25) is 0 Å². The molecule has 0 fully saturated rings. The molecule has 1 heterocycles. The van der Waals surface area contributed by atoms with Crippen LogP contribution in [0.25, 0.3) is 0 Å². The summed E-state index contributed by atoms with van der Waals surface area (Å²) in [7, 11) is 0. The molecule has 0 saturated carbocycles. The summed E-state index contributed by atoms with van der Waals surface area (Å²) in [6, 6.07) is 3.33. The van der Waals surface area contributed by atoms with Crippen LogP contribution in [0, 0.1) is 0 Å². The van der Waals surface area contributed by atoms with E-state index in [4.69, 9.17) is 9.47 Å². The van der Waals surface area contributed by atoms with E-state index < -0.39 is 12.1 Å². The van der Waals surface area contributed by atoms with Crippen LogP contribution in [0.4, 0.5) is 0 Å². The van der Waals surface area contributed by atoms with Crippen molar-refractivity contribution in [3.63, 3.8) is 0 Å². The first-order chi connectivity index (χ1) is 8.60. The lowest BCUT2D eigenvalue weighted by Gasteiger charge is -2.17. The van der Waals surface area contributed by atoms with E-state index in [0.717, 1.165) is 11.8 Å². The molecule has 0 aliphatic heterocycles. The van der Waals surface area contributed by atoms with Gasteiger partial charge in [0.25, 0.3) is 0 Å². The highest BCUT2D eigenvalue weighted by atomic mass is 32.2. The Balaban J connectivity index is 3.11. The summed E-state index contributed by atoms with van der Waals surface area (Å²) in [6.07, 6.45) is 2.21. The van der Waals surface area contributed by atoms with Gasteiger partial charge >= 0.3 is 5.97 Å². The maximum atomic E-state index is 11.8. The van der Waals surface area contributed by atoms with E-state index in [-0.39, 0.29) is 5.12 Å². The zero-order valence-corrected chi connectivity index (χ0v) is 11.3. The fourth-order valence-corrected chi connectivity index (χ4v) is 1.76. The smallest absolute Gasteiger partial charge is 0.303 e. The Morgan fingerprint density at radius 3 is 2.78 bits per heavy atom. The van der Waals surface area contributed by atoms with Crippen LogP contribution in [0.3, 0.4) is 0 Å². The molecular weight excluding hydrogens is 254 g/mol. The van der Waals surface area contributed by atoms with Gasteiger partial charge in [-0.3, -0.25) is 9.59 Å². The summed E-state index contributed by atoms with van der Waals surface area (Å²) >= 11 is 0.997. The van der Waals surface area contributed by atoms with Crippen LogP contribution >= 0.6 is 11.8 Å². The monoisotopic (exact) mass is 269 g/mol. The molecule has 18 heavy (non-hydrogen) atoms. The van der Waals surface area contributed by atoms with Gasteiger partial charge in [0, 0.05) is 13.1 Å². The number of carbonyl (C=O) groups is 2. The highest BCUT2D eigenvalue weighted by Crippen LogP contribution is 2.29. The van der Waals surface area contributed by atoms with Gasteiger partial charge in [0.1, 0.15) is 0 Å². The summed E-state index contributed by atoms with van der Waals surface area (Å²) in [5.41, 5.74) is 0.467. The zero-order chi connectivity index (χ0) is 13.5. The van der Waals surface area contributed by atoms with E-state index in [1.165, 1.54) is 6.92 Å². The van der Waals surface area contributed by atoms with Gasteiger partial charge in [-0.05, 0) is 25.3 Å². The van der Waals surface area contributed by atoms with E-state index in [1.54, 1.807) is 24.6 Å². The summed E-state index contributed by atoms with van der Waals surface area (Å²) in [6.45, 7) is 3.50. The van der Waals surface area contributed by atoms with Crippen LogP contribution < -0.4 is 4.74 Å². The Hall–Kier alpha value is -1.56. The van der Waals surface area contributed by atoms with Gasteiger partial charge in [0.2, 0.25) is 17.1 Å². The molecule has 1 aromatic rings. The third kappa shape index (κ3) is 3.73. The minimum absolute atomic E-state index is 0.265. The van der Waals surface area contributed by atoms with Gasteiger partial charge in [-0.25, -0.2) is 4.98 Å². The molecule has 6 heteroatoms. The van der Waals surface area contributed by atoms with Crippen LogP contribution in [-0.4, -0.2) is 28.9 Å². The Kier molecular flexibility index (Phi) is 5.64. The molecular formula is C12H15NO4S. The van der Waals surface area contributed by atoms with Crippen molar-refractivity contribution in [3.8, 4) is 5.88 Å². The first-order valence-corrected chi connectivity index (χ1v) is 6.65. The normalized spacial score (nSPS) is 11.7. The molecule has 1 rings (SSSR count). The van der Waals surface area contributed by atoms with Crippen molar-refractivity contribution in [3.05, 3.63) is 23.9 Å². The largest absolute Gasteiger partial charge is 0.478 e. The molecule has 0 aromatic carbocycles. The Labute approximate surface area is 110 Å². The number of ether oxygens (including phenoxy) is 2. The minimum atomic E-state index is -0.979. The fourth-order valence-electron chi connectivity index (χ4n) is 1.37. The number of thioether (sulfide) groups is 1. The molecule has 0 aliphatic rings. The van der Waals surface area contributed by atoms with E-state index in [1.807, 2.05) is 6.92 Å². The second-order valence-corrected chi connectivity index (χ2v) is 4.15. The summed E-state index contributed by atoms with van der Waals surface area (Å²) in [5.74, 6) is -0.206. The van der Waals surface area contributed by atoms with Crippen molar-refractivity contribution in [1.82, 2.24) is 4.98 Å².